The molecule has 8 aromatic carbocycles. The van der Waals surface area contributed by atoms with E-state index in [0.717, 1.165) is 11.4 Å². The van der Waals surface area contributed by atoms with Crippen LogP contribution in [0.4, 0.5) is 11.4 Å². The second-order valence-electron chi connectivity index (χ2n) is 15.8. The Kier molecular flexibility index (Phi) is 6.50. The quantitative estimate of drug-likeness (QED) is 0.194. The molecule has 0 radical (unpaired) electrons. The van der Waals surface area contributed by atoms with Crippen LogP contribution in [-0.4, -0.2) is 0 Å². The molecular weight excluding hydrogens is 651 g/mol. The Morgan fingerprint density at radius 3 is 1.63 bits per heavy atom. The lowest BCUT2D eigenvalue weighted by Crippen LogP contribution is -2.26. The first-order chi connectivity index (χ1) is 26.4. The number of anilines is 2. The summed E-state index contributed by atoms with van der Waals surface area (Å²) in [6, 6.07) is 65.6. The zero-order chi connectivity index (χ0) is 36.2. The molecule has 54 heavy (non-hydrogen) atoms. The average molecular weight is 690 g/mol. The second-order valence-corrected chi connectivity index (χ2v) is 15.8. The van der Waals surface area contributed by atoms with E-state index in [1.807, 2.05) is 0 Å². The minimum absolute atomic E-state index is 0.109. The van der Waals surface area contributed by atoms with Gasteiger partial charge in [-0.15, -0.1) is 0 Å². The third kappa shape index (κ3) is 4.15. The molecule has 11 rings (SSSR count). The molecule has 0 aromatic heterocycles. The fourth-order valence-electron chi connectivity index (χ4n) is 10.2. The first-order valence-electron chi connectivity index (χ1n) is 19.1. The minimum Gasteiger partial charge on any atom is -0.355 e. The summed E-state index contributed by atoms with van der Waals surface area (Å²) in [7, 11) is 0. The lowest BCUT2D eigenvalue weighted by molar-refractivity contribution is 0.660. The summed E-state index contributed by atoms with van der Waals surface area (Å²) >= 11 is 0. The van der Waals surface area contributed by atoms with Crippen LogP contribution in [0, 0.1) is 6.92 Å². The van der Waals surface area contributed by atoms with E-state index in [1.165, 1.54) is 94.6 Å². The van der Waals surface area contributed by atoms with E-state index in [-0.39, 0.29) is 10.8 Å². The van der Waals surface area contributed by atoms with Crippen molar-refractivity contribution in [1.29, 1.82) is 0 Å². The lowest BCUT2D eigenvalue weighted by Gasteiger charge is -2.31. The maximum absolute atomic E-state index is 3.91. The van der Waals surface area contributed by atoms with Gasteiger partial charge in [0.1, 0.15) is 0 Å². The van der Waals surface area contributed by atoms with E-state index < -0.39 is 0 Å². The van der Waals surface area contributed by atoms with Crippen LogP contribution < -0.4 is 5.32 Å². The molecule has 0 saturated carbocycles. The van der Waals surface area contributed by atoms with Gasteiger partial charge in [-0.1, -0.05) is 159 Å². The Morgan fingerprint density at radius 1 is 0.370 bits per heavy atom. The normalized spacial score (nSPS) is 16.3. The summed E-state index contributed by atoms with van der Waals surface area (Å²) in [6.45, 7) is 7.01. The molecule has 8 aromatic rings. The highest BCUT2D eigenvalue weighted by atomic mass is 14.9. The summed E-state index contributed by atoms with van der Waals surface area (Å²) < 4.78 is 0. The molecule has 0 aliphatic heterocycles. The highest BCUT2D eigenvalue weighted by Gasteiger charge is 2.52. The first kappa shape index (κ1) is 31.1. The summed E-state index contributed by atoms with van der Waals surface area (Å²) in [5.41, 5.74) is 24.2. The Balaban J connectivity index is 1.12. The highest BCUT2D eigenvalue weighted by Crippen LogP contribution is 2.64. The van der Waals surface area contributed by atoms with Crippen LogP contribution in [0.25, 0.3) is 55.6 Å². The molecule has 0 fully saturated rings. The van der Waals surface area contributed by atoms with E-state index in [2.05, 4.69) is 202 Å². The number of nitrogens with one attached hydrogen (secondary N) is 1. The Morgan fingerprint density at radius 2 is 0.907 bits per heavy atom. The van der Waals surface area contributed by atoms with Gasteiger partial charge in [-0.3, -0.25) is 0 Å². The van der Waals surface area contributed by atoms with Crippen molar-refractivity contribution in [1.82, 2.24) is 0 Å². The molecule has 1 atom stereocenters. The van der Waals surface area contributed by atoms with Crippen LogP contribution in [0.3, 0.4) is 0 Å². The van der Waals surface area contributed by atoms with E-state index >= 15 is 0 Å². The van der Waals surface area contributed by atoms with Crippen molar-refractivity contribution in [3.63, 3.8) is 0 Å². The van der Waals surface area contributed by atoms with Crippen molar-refractivity contribution in [2.75, 3.05) is 5.32 Å². The molecule has 0 amide bonds. The molecule has 1 N–H and O–H groups in total. The van der Waals surface area contributed by atoms with Crippen LogP contribution in [0.5, 0.6) is 0 Å². The molecular formula is C53H39N. The van der Waals surface area contributed by atoms with Crippen LogP contribution in [0.15, 0.2) is 176 Å². The molecule has 3 aliphatic carbocycles. The smallest absolute Gasteiger partial charge is 0.0728 e. The van der Waals surface area contributed by atoms with Crippen LogP contribution in [0.1, 0.15) is 52.8 Å². The third-order valence-corrected chi connectivity index (χ3v) is 12.6. The molecule has 3 aliphatic rings. The van der Waals surface area contributed by atoms with Crippen LogP contribution in [0.2, 0.25) is 0 Å². The zero-order valence-corrected chi connectivity index (χ0v) is 30.7. The van der Waals surface area contributed by atoms with Crippen LogP contribution in [-0.2, 0) is 10.8 Å². The molecule has 0 bridgehead atoms. The predicted molar refractivity (Wildman–Crippen MR) is 226 cm³/mol. The summed E-state index contributed by atoms with van der Waals surface area (Å²) in [4.78, 5) is 0. The van der Waals surface area contributed by atoms with E-state index in [1.54, 1.807) is 0 Å². The number of hydrogen-bond donors (Lipinski definition) is 1. The van der Waals surface area contributed by atoms with Gasteiger partial charge in [0, 0.05) is 22.4 Å². The fourth-order valence-corrected chi connectivity index (χ4v) is 10.2. The SMILES string of the molecule is Cc1cccc2c1C1(c3ccccc3-c3cc(-c4cc5c(cc4Nc4ccc(-c6ccccc6)cc4)C(C)(C)c4ccccc4-5)ccc31)c1ccccc1-2. The van der Waals surface area contributed by atoms with Crippen molar-refractivity contribution in [2.45, 2.75) is 31.6 Å². The van der Waals surface area contributed by atoms with E-state index in [4.69, 9.17) is 0 Å². The summed E-state index contributed by atoms with van der Waals surface area (Å²) in [5, 5.41) is 3.91. The number of fused-ring (bicyclic) bond motifs is 13. The molecule has 0 heterocycles. The molecule has 1 spiro atoms. The third-order valence-electron chi connectivity index (χ3n) is 12.6. The van der Waals surface area contributed by atoms with Crippen molar-refractivity contribution < 1.29 is 0 Å². The first-order valence-corrected chi connectivity index (χ1v) is 19.1. The van der Waals surface area contributed by atoms with Gasteiger partial charge < -0.3 is 5.32 Å². The average Bonchev–Trinajstić information content (AvgIpc) is 3.77. The molecule has 256 valence electrons. The topological polar surface area (TPSA) is 12.0 Å². The number of aryl methyl sites for hydroxylation is 1. The maximum Gasteiger partial charge on any atom is 0.0728 e. The predicted octanol–water partition coefficient (Wildman–Crippen LogP) is 13.7. The second kappa shape index (κ2) is 11.3. The maximum atomic E-state index is 3.91. The summed E-state index contributed by atoms with van der Waals surface area (Å²) in [5.74, 6) is 0. The van der Waals surface area contributed by atoms with Gasteiger partial charge in [0.2, 0.25) is 0 Å². The van der Waals surface area contributed by atoms with Gasteiger partial charge >= 0.3 is 0 Å². The molecule has 1 heteroatoms. The van der Waals surface area contributed by atoms with Gasteiger partial charge in [-0.2, -0.15) is 0 Å². The highest BCUT2D eigenvalue weighted by molar-refractivity contribution is 5.98. The standard InChI is InChI=1S/C53H39N/c1-33-14-13-20-41-38-17-8-11-22-46(38)53(51(33)41)47-23-12-9-19-40(47)43-30-36(26-29-48(43)53)42-31-44-39-18-7-10-21-45(39)52(2,3)49(44)32-50(42)54-37-27-24-35(25-28-37)34-15-5-4-6-16-34/h4-32,54H,1-3H3. The lowest BCUT2D eigenvalue weighted by atomic mass is 9.69. The van der Waals surface area contributed by atoms with Gasteiger partial charge in [0.05, 0.1) is 5.41 Å². The van der Waals surface area contributed by atoms with E-state index in [0.29, 0.717) is 0 Å². The molecule has 0 saturated heterocycles. The van der Waals surface area contributed by atoms with Crippen molar-refractivity contribution >= 4 is 11.4 Å². The van der Waals surface area contributed by atoms with Gasteiger partial charge in [0.25, 0.3) is 0 Å². The largest absolute Gasteiger partial charge is 0.355 e. The van der Waals surface area contributed by atoms with Crippen LogP contribution >= 0.6 is 0 Å². The van der Waals surface area contributed by atoms with E-state index in [9.17, 15) is 0 Å². The molecule has 1 nitrogen and oxygen atoms in total. The number of benzene rings is 8. The Hall–Kier alpha value is -6.44. The number of rotatable bonds is 4. The Bertz CT molecular complexity index is 2820. The number of hydrogen-bond acceptors (Lipinski definition) is 1. The zero-order valence-electron chi connectivity index (χ0n) is 30.7. The van der Waals surface area contributed by atoms with Gasteiger partial charge in [0.15, 0.2) is 0 Å². The van der Waals surface area contributed by atoms with Gasteiger partial charge in [-0.05, 0) is 126 Å². The fraction of sp³-hybridized carbons (Fsp3) is 0.0943. The minimum atomic E-state index is -0.357. The summed E-state index contributed by atoms with van der Waals surface area (Å²) in [6.07, 6.45) is 0. The van der Waals surface area contributed by atoms with Crippen molar-refractivity contribution in [3.8, 4) is 55.6 Å². The molecule has 1 unspecified atom stereocenters. The monoisotopic (exact) mass is 689 g/mol. The Labute approximate surface area is 317 Å². The van der Waals surface area contributed by atoms with Gasteiger partial charge in [-0.25, -0.2) is 0 Å². The van der Waals surface area contributed by atoms with Crippen molar-refractivity contribution in [3.05, 3.63) is 215 Å². The van der Waals surface area contributed by atoms with Crippen molar-refractivity contribution in [2.24, 2.45) is 0 Å².